The second-order valence-electron chi connectivity index (χ2n) is 7.02. The van der Waals surface area contributed by atoms with E-state index >= 15 is 0 Å². The molecule has 0 aliphatic carbocycles. The number of benzene rings is 1. The molecule has 0 amide bonds. The molecule has 0 bridgehead atoms. The van der Waals surface area contributed by atoms with E-state index in [1.165, 1.54) is 0 Å². The average molecular weight is 438 g/mol. The molecule has 0 aliphatic rings. The van der Waals surface area contributed by atoms with Gasteiger partial charge in [-0.3, -0.25) is 4.40 Å². The van der Waals surface area contributed by atoms with Crippen molar-refractivity contribution in [2.45, 2.75) is 18.9 Å². The number of hydrogen-bond acceptors (Lipinski definition) is 4. The van der Waals surface area contributed by atoms with E-state index in [9.17, 15) is 0 Å². The Bertz CT molecular complexity index is 958. The Kier molecular flexibility index (Phi) is 7.15. The van der Waals surface area contributed by atoms with E-state index in [0.29, 0.717) is 22.6 Å². The molecule has 0 atom stereocenters. The van der Waals surface area contributed by atoms with Crippen molar-refractivity contribution < 1.29 is 4.74 Å². The van der Waals surface area contributed by atoms with E-state index in [1.54, 1.807) is 24.9 Å². The number of anilines is 1. The van der Waals surface area contributed by atoms with E-state index in [0.717, 1.165) is 40.7 Å². The lowest BCUT2D eigenvalue weighted by Gasteiger charge is -2.26. The van der Waals surface area contributed by atoms with Crippen LogP contribution in [0.5, 0.6) is 0 Å². The molecular weight excluding hydrogens is 413 g/mol. The van der Waals surface area contributed by atoms with Crippen molar-refractivity contribution in [2.75, 3.05) is 38.0 Å². The summed E-state index contributed by atoms with van der Waals surface area (Å²) >= 11 is 14.2. The predicted octanol–water partition coefficient (Wildman–Crippen LogP) is 6.14. The van der Waals surface area contributed by atoms with Gasteiger partial charge in [0.25, 0.3) is 0 Å². The maximum absolute atomic E-state index is 6.49. The zero-order valence-electron chi connectivity index (χ0n) is 16.6. The van der Waals surface area contributed by atoms with Crippen LogP contribution in [0.2, 0.25) is 10.0 Å². The van der Waals surface area contributed by atoms with Gasteiger partial charge in [0.05, 0.1) is 11.6 Å². The Labute approximate surface area is 180 Å². The predicted molar refractivity (Wildman–Crippen MR) is 121 cm³/mol. The largest absolute Gasteiger partial charge is 0.383 e. The molecule has 0 saturated heterocycles. The highest BCUT2D eigenvalue weighted by atomic mass is 35.5. The first-order chi connectivity index (χ1) is 13.5. The van der Waals surface area contributed by atoms with Crippen LogP contribution in [0, 0.1) is 5.92 Å². The Morgan fingerprint density at radius 1 is 1.21 bits per heavy atom. The van der Waals surface area contributed by atoms with Crippen LogP contribution in [0.4, 0.5) is 5.82 Å². The summed E-state index contributed by atoms with van der Waals surface area (Å²) in [5.41, 5.74) is 2.80. The van der Waals surface area contributed by atoms with Gasteiger partial charge in [-0.25, -0.2) is 4.98 Å². The lowest BCUT2D eigenvalue weighted by Crippen LogP contribution is -2.32. The molecule has 0 saturated carbocycles. The number of ether oxygens (including phenoxy) is 1. The molecule has 0 N–H and O–H groups in total. The van der Waals surface area contributed by atoms with Crippen LogP contribution in [-0.2, 0) is 4.74 Å². The van der Waals surface area contributed by atoms with Gasteiger partial charge in [-0.2, -0.15) is 0 Å². The van der Waals surface area contributed by atoms with Crippen LogP contribution >= 0.6 is 35.0 Å². The van der Waals surface area contributed by atoms with Gasteiger partial charge < -0.3 is 9.64 Å². The smallest absolute Gasteiger partial charge is 0.147 e. The summed E-state index contributed by atoms with van der Waals surface area (Å²) in [6, 6.07) is 9.66. The maximum Gasteiger partial charge on any atom is 0.147 e. The van der Waals surface area contributed by atoms with Crippen molar-refractivity contribution in [3.63, 3.8) is 0 Å². The van der Waals surface area contributed by atoms with Gasteiger partial charge in [0.2, 0.25) is 0 Å². The Hall–Kier alpha value is -1.40. The quantitative estimate of drug-likeness (QED) is 0.395. The van der Waals surface area contributed by atoms with Crippen LogP contribution < -0.4 is 4.90 Å². The van der Waals surface area contributed by atoms with Gasteiger partial charge in [-0.15, -0.1) is 11.8 Å². The Balaban J connectivity index is 2.19. The first kappa shape index (κ1) is 21.3. The van der Waals surface area contributed by atoms with Crippen molar-refractivity contribution >= 4 is 46.4 Å². The summed E-state index contributed by atoms with van der Waals surface area (Å²) in [5, 5.41) is 2.24. The molecule has 0 radical (unpaired) electrons. The van der Waals surface area contributed by atoms with Crippen molar-refractivity contribution in [3.8, 4) is 11.1 Å². The van der Waals surface area contributed by atoms with E-state index in [-0.39, 0.29) is 0 Å². The minimum Gasteiger partial charge on any atom is -0.383 e. The number of methoxy groups -OCH3 is 1. The van der Waals surface area contributed by atoms with Gasteiger partial charge in [0, 0.05) is 42.5 Å². The lowest BCUT2D eigenvalue weighted by atomic mass is 10.1. The highest BCUT2D eigenvalue weighted by Gasteiger charge is 2.21. The summed E-state index contributed by atoms with van der Waals surface area (Å²) in [4.78, 5) is 7.31. The molecule has 4 nitrogen and oxygen atoms in total. The molecule has 2 heterocycles. The summed E-state index contributed by atoms with van der Waals surface area (Å²) in [7, 11) is 1.73. The van der Waals surface area contributed by atoms with Crippen molar-refractivity contribution in [1.82, 2.24) is 9.38 Å². The van der Waals surface area contributed by atoms with Gasteiger partial charge in [0.15, 0.2) is 0 Å². The number of hydrogen-bond donors (Lipinski definition) is 0. The second kappa shape index (κ2) is 9.40. The summed E-state index contributed by atoms with van der Waals surface area (Å²) < 4.78 is 7.51. The third kappa shape index (κ3) is 4.43. The number of imidazole rings is 1. The fourth-order valence-electron chi connectivity index (χ4n) is 3.30. The monoisotopic (exact) mass is 437 g/mol. The molecule has 1 aromatic carbocycles. The average Bonchev–Trinajstić information content (AvgIpc) is 3.04. The highest BCUT2D eigenvalue weighted by molar-refractivity contribution is 7.98. The highest BCUT2D eigenvalue weighted by Crippen LogP contribution is 2.37. The molecule has 0 spiro atoms. The van der Waals surface area contributed by atoms with Gasteiger partial charge >= 0.3 is 0 Å². The zero-order valence-corrected chi connectivity index (χ0v) is 18.9. The van der Waals surface area contributed by atoms with Crippen LogP contribution in [0.3, 0.4) is 0 Å². The number of pyridine rings is 1. The number of rotatable bonds is 8. The molecule has 7 heteroatoms. The molecule has 3 rings (SSSR count). The zero-order chi connectivity index (χ0) is 20.3. The first-order valence-electron chi connectivity index (χ1n) is 9.20. The van der Waals surface area contributed by atoms with Crippen molar-refractivity contribution in [2.24, 2.45) is 5.92 Å². The van der Waals surface area contributed by atoms with Gasteiger partial charge in [-0.05, 0) is 36.4 Å². The van der Waals surface area contributed by atoms with Crippen molar-refractivity contribution in [3.05, 3.63) is 46.6 Å². The number of fused-ring (bicyclic) bond motifs is 1. The topological polar surface area (TPSA) is 29.8 Å². The third-order valence-electron chi connectivity index (χ3n) is 4.46. The fraction of sp³-hybridized carbons (Fsp3) is 0.381. The van der Waals surface area contributed by atoms with Crippen LogP contribution in [0.25, 0.3) is 16.8 Å². The van der Waals surface area contributed by atoms with Crippen LogP contribution in [0.1, 0.15) is 13.8 Å². The van der Waals surface area contributed by atoms with E-state index in [4.69, 9.17) is 32.9 Å². The van der Waals surface area contributed by atoms with Crippen molar-refractivity contribution in [1.29, 1.82) is 0 Å². The third-order valence-corrected chi connectivity index (χ3v) is 5.67. The summed E-state index contributed by atoms with van der Waals surface area (Å²) in [6.45, 7) is 6.84. The fourth-order valence-corrected chi connectivity index (χ4v) is 4.40. The lowest BCUT2D eigenvalue weighted by molar-refractivity contribution is 0.204. The SMILES string of the molecule is COCCN(CC(C)C)c1c(SC)nc2c(-c3ccc(Cl)cc3Cl)cccn12. The minimum atomic E-state index is 0.519. The minimum absolute atomic E-state index is 0.519. The summed E-state index contributed by atoms with van der Waals surface area (Å²) in [6.07, 6.45) is 4.12. The molecule has 2 aromatic heterocycles. The molecular formula is C21H25Cl2N3OS. The molecule has 0 fully saturated rings. The van der Waals surface area contributed by atoms with Gasteiger partial charge in [-0.1, -0.05) is 43.1 Å². The molecule has 0 unspecified atom stereocenters. The normalized spacial score (nSPS) is 11.5. The second-order valence-corrected chi connectivity index (χ2v) is 8.66. The summed E-state index contributed by atoms with van der Waals surface area (Å²) in [5.74, 6) is 1.62. The van der Waals surface area contributed by atoms with E-state index in [2.05, 4.69) is 35.6 Å². The Morgan fingerprint density at radius 3 is 2.64 bits per heavy atom. The van der Waals surface area contributed by atoms with Gasteiger partial charge in [0.1, 0.15) is 16.5 Å². The van der Waals surface area contributed by atoms with Crippen LogP contribution in [-0.4, -0.2) is 42.4 Å². The van der Waals surface area contributed by atoms with Crippen LogP contribution in [0.15, 0.2) is 41.6 Å². The number of halogens is 2. The maximum atomic E-state index is 6.49. The van der Waals surface area contributed by atoms with E-state index < -0.39 is 0 Å². The number of nitrogens with zero attached hydrogens (tertiary/aromatic N) is 3. The Morgan fingerprint density at radius 2 is 2.00 bits per heavy atom. The molecule has 0 aliphatic heterocycles. The van der Waals surface area contributed by atoms with E-state index in [1.807, 2.05) is 24.3 Å². The standard InChI is InChI=1S/C21H25Cl2N3OS/c1-14(2)13-25(10-11-27-3)21-20(28-4)24-19-17(6-5-9-26(19)21)16-8-7-15(22)12-18(16)23/h5-9,12,14H,10-11,13H2,1-4H3. The molecule has 3 aromatic rings. The molecule has 28 heavy (non-hydrogen) atoms. The molecule has 150 valence electrons. The number of aromatic nitrogens is 2. The number of thioether (sulfide) groups is 1. The first-order valence-corrected chi connectivity index (χ1v) is 11.2.